The molecular formula is C18H21NO2. The van der Waals surface area contributed by atoms with Crippen LogP contribution in [0.2, 0.25) is 0 Å². The van der Waals surface area contributed by atoms with Gasteiger partial charge in [-0.3, -0.25) is 0 Å². The molecule has 0 aromatic heterocycles. The average molecular weight is 283 g/mol. The molecule has 2 aromatic carbocycles. The van der Waals surface area contributed by atoms with Gasteiger partial charge in [-0.05, 0) is 56.0 Å². The average Bonchev–Trinajstić information content (AvgIpc) is 2.46. The van der Waals surface area contributed by atoms with E-state index in [-0.39, 0.29) is 5.97 Å². The Morgan fingerprint density at radius 2 is 1.57 bits per heavy atom. The Labute approximate surface area is 126 Å². The Bertz CT molecular complexity index is 690. The van der Waals surface area contributed by atoms with Crippen LogP contribution in [-0.2, 0) is 4.74 Å². The van der Waals surface area contributed by atoms with Gasteiger partial charge in [-0.2, -0.15) is 0 Å². The SMILES string of the molecule is COC(=O)c1c(C)ccc(C)c1Nc1cc(C)ccc1C. The van der Waals surface area contributed by atoms with Crippen LogP contribution in [-0.4, -0.2) is 13.1 Å². The van der Waals surface area contributed by atoms with Crippen LogP contribution in [0.4, 0.5) is 11.4 Å². The summed E-state index contributed by atoms with van der Waals surface area (Å²) in [7, 11) is 1.41. The summed E-state index contributed by atoms with van der Waals surface area (Å²) in [5.41, 5.74) is 6.65. The predicted octanol–water partition coefficient (Wildman–Crippen LogP) is 4.45. The van der Waals surface area contributed by atoms with E-state index in [4.69, 9.17) is 4.74 Å². The van der Waals surface area contributed by atoms with Crippen LogP contribution in [0.15, 0.2) is 30.3 Å². The first kappa shape index (κ1) is 15.1. The van der Waals surface area contributed by atoms with Crippen LogP contribution in [0.5, 0.6) is 0 Å². The number of hydrogen-bond acceptors (Lipinski definition) is 3. The number of benzene rings is 2. The first-order chi connectivity index (χ1) is 9.93. The van der Waals surface area contributed by atoms with Gasteiger partial charge in [0.15, 0.2) is 0 Å². The number of anilines is 2. The maximum absolute atomic E-state index is 12.1. The lowest BCUT2D eigenvalue weighted by molar-refractivity contribution is 0.0601. The fraction of sp³-hybridized carbons (Fsp3) is 0.278. The summed E-state index contributed by atoms with van der Waals surface area (Å²) < 4.78 is 4.93. The van der Waals surface area contributed by atoms with Gasteiger partial charge in [-0.15, -0.1) is 0 Å². The zero-order valence-corrected chi connectivity index (χ0v) is 13.2. The Morgan fingerprint density at radius 1 is 0.952 bits per heavy atom. The molecule has 2 aromatic rings. The highest BCUT2D eigenvalue weighted by Crippen LogP contribution is 2.30. The van der Waals surface area contributed by atoms with Crippen LogP contribution in [0.25, 0.3) is 0 Å². The number of carbonyl (C=O) groups excluding carboxylic acids is 1. The minimum Gasteiger partial charge on any atom is -0.465 e. The van der Waals surface area contributed by atoms with Crippen molar-refractivity contribution in [2.75, 3.05) is 12.4 Å². The fourth-order valence-electron chi connectivity index (χ4n) is 2.34. The number of nitrogens with one attached hydrogen (secondary N) is 1. The zero-order chi connectivity index (χ0) is 15.6. The Balaban J connectivity index is 2.55. The molecule has 2 rings (SSSR count). The van der Waals surface area contributed by atoms with Crippen LogP contribution < -0.4 is 5.32 Å². The maximum atomic E-state index is 12.1. The molecule has 0 spiro atoms. The van der Waals surface area contributed by atoms with Crippen molar-refractivity contribution in [2.45, 2.75) is 27.7 Å². The number of ether oxygens (including phenoxy) is 1. The molecule has 0 saturated carbocycles. The first-order valence-corrected chi connectivity index (χ1v) is 6.97. The molecular weight excluding hydrogens is 262 g/mol. The number of aryl methyl sites for hydroxylation is 4. The van der Waals surface area contributed by atoms with Crippen LogP contribution in [0.1, 0.15) is 32.6 Å². The van der Waals surface area contributed by atoms with Crippen molar-refractivity contribution in [1.82, 2.24) is 0 Å². The number of hydrogen-bond donors (Lipinski definition) is 1. The van der Waals surface area contributed by atoms with Crippen molar-refractivity contribution in [1.29, 1.82) is 0 Å². The van der Waals surface area contributed by atoms with Crippen LogP contribution in [0.3, 0.4) is 0 Å². The van der Waals surface area contributed by atoms with E-state index in [1.165, 1.54) is 12.7 Å². The van der Waals surface area contributed by atoms with E-state index in [1.54, 1.807) is 0 Å². The molecule has 0 aliphatic rings. The third-order valence-corrected chi connectivity index (χ3v) is 3.66. The molecule has 0 amide bonds. The quantitative estimate of drug-likeness (QED) is 0.846. The third-order valence-electron chi connectivity index (χ3n) is 3.66. The molecule has 0 atom stereocenters. The Morgan fingerprint density at radius 3 is 2.24 bits per heavy atom. The van der Waals surface area contributed by atoms with Gasteiger partial charge >= 0.3 is 5.97 Å². The van der Waals surface area contributed by atoms with Gasteiger partial charge in [0.2, 0.25) is 0 Å². The van der Waals surface area contributed by atoms with Crippen molar-refractivity contribution in [3.05, 3.63) is 58.1 Å². The van der Waals surface area contributed by atoms with E-state index in [0.29, 0.717) is 5.56 Å². The van der Waals surface area contributed by atoms with E-state index >= 15 is 0 Å². The minimum atomic E-state index is -0.316. The molecule has 1 N–H and O–H groups in total. The highest BCUT2D eigenvalue weighted by atomic mass is 16.5. The molecule has 0 fully saturated rings. The monoisotopic (exact) mass is 283 g/mol. The summed E-state index contributed by atoms with van der Waals surface area (Å²) in [6.07, 6.45) is 0. The number of carbonyl (C=O) groups is 1. The minimum absolute atomic E-state index is 0.316. The predicted molar refractivity (Wildman–Crippen MR) is 86.5 cm³/mol. The van der Waals surface area contributed by atoms with E-state index in [2.05, 4.69) is 30.4 Å². The van der Waals surface area contributed by atoms with Gasteiger partial charge < -0.3 is 10.1 Å². The Kier molecular flexibility index (Phi) is 4.32. The molecule has 0 aliphatic heterocycles. The number of esters is 1. The topological polar surface area (TPSA) is 38.3 Å². The second kappa shape index (κ2) is 6.00. The largest absolute Gasteiger partial charge is 0.465 e. The molecule has 3 heteroatoms. The third kappa shape index (κ3) is 3.07. The van der Waals surface area contributed by atoms with Gasteiger partial charge in [0.25, 0.3) is 0 Å². The summed E-state index contributed by atoms with van der Waals surface area (Å²) in [6, 6.07) is 10.2. The number of rotatable bonds is 3. The highest BCUT2D eigenvalue weighted by molar-refractivity contribution is 5.99. The van der Waals surface area contributed by atoms with E-state index in [9.17, 15) is 4.79 Å². The summed E-state index contributed by atoms with van der Waals surface area (Å²) in [5.74, 6) is -0.316. The van der Waals surface area contributed by atoms with Crippen LogP contribution >= 0.6 is 0 Å². The lowest BCUT2D eigenvalue weighted by Crippen LogP contribution is -2.10. The lowest BCUT2D eigenvalue weighted by atomic mass is 10.0. The standard InChI is InChI=1S/C18H21NO2/c1-11-6-7-12(2)15(10-11)19-17-14(4)9-8-13(3)16(17)18(20)21-5/h6-10,19H,1-5H3. The van der Waals surface area contributed by atoms with Gasteiger partial charge in [0.1, 0.15) is 0 Å². The van der Waals surface area contributed by atoms with Crippen molar-refractivity contribution >= 4 is 17.3 Å². The van der Waals surface area contributed by atoms with Gasteiger partial charge in [0, 0.05) is 5.69 Å². The van der Waals surface area contributed by atoms with Gasteiger partial charge in [-0.1, -0.05) is 24.3 Å². The lowest BCUT2D eigenvalue weighted by Gasteiger charge is -2.17. The summed E-state index contributed by atoms with van der Waals surface area (Å²) in [4.78, 5) is 12.1. The van der Waals surface area contributed by atoms with Crippen molar-refractivity contribution < 1.29 is 9.53 Å². The molecule has 0 unspecified atom stereocenters. The Hall–Kier alpha value is -2.29. The molecule has 0 radical (unpaired) electrons. The molecule has 110 valence electrons. The second-order valence-electron chi connectivity index (χ2n) is 5.38. The smallest absolute Gasteiger partial charge is 0.340 e. The van der Waals surface area contributed by atoms with E-state index < -0.39 is 0 Å². The molecule has 0 heterocycles. The summed E-state index contributed by atoms with van der Waals surface area (Å²) >= 11 is 0. The summed E-state index contributed by atoms with van der Waals surface area (Å²) in [6.45, 7) is 8.00. The first-order valence-electron chi connectivity index (χ1n) is 6.97. The molecule has 0 saturated heterocycles. The van der Waals surface area contributed by atoms with Crippen LogP contribution in [0, 0.1) is 27.7 Å². The van der Waals surface area contributed by atoms with Crippen molar-refractivity contribution in [3.8, 4) is 0 Å². The van der Waals surface area contributed by atoms with E-state index in [1.807, 2.05) is 32.9 Å². The normalized spacial score (nSPS) is 10.3. The zero-order valence-electron chi connectivity index (χ0n) is 13.2. The molecule has 21 heavy (non-hydrogen) atoms. The molecule has 0 aliphatic carbocycles. The van der Waals surface area contributed by atoms with Crippen molar-refractivity contribution in [3.63, 3.8) is 0 Å². The molecule has 0 bridgehead atoms. The maximum Gasteiger partial charge on any atom is 0.340 e. The van der Waals surface area contributed by atoms with E-state index in [0.717, 1.165) is 28.1 Å². The summed E-state index contributed by atoms with van der Waals surface area (Å²) in [5, 5.41) is 3.41. The van der Waals surface area contributed by atoms with Gasteiger partial charge in [0.05, 0.1) is 18.4 Å². The van der Waals surface area contributed by atoms with Crippen molar-refractivity contribution in [2.24, 2.45) is 0 Å². The number of methoxy groups -OCH3 is 1. The second-order valence-corrected chi connectivity index (χ2v) is 5.38. The molecule has 3 nitrogen and oxygen atoms in total. The van der Waals surface area contributed by atoms with Gasteiger partial charge in [-0.25, -0.2) is 4.79 Å². The highest BCUT2D eigenvalue weighted by Gasteiger charge is 2.17. The fourth-order valence-corrected chi connectivity index (χ4v) is 2.34.